The molecule has 0 aliphatic carbocycles. The molecule has 0 saturated carbocycles. The maximum absolute atomic E-state index is 13.6. The summed E-state index contributed by atoms with van der Waals surface area (Å²) < 4.78 is 7.44. The molecule has 3 aromatic carbocycles. The number of benzene rings is 3. The average Bonchev–Trinajstić information content (AvgIpc) is 3.15. The van der Waals surface area contributed by atoms with Gasteiger partial charge in [0.25, 0.3) is 0 Å². The Balaban J connectivity index is 2.33. The highest BCUT2D eigenvalue weighted by atomic mass is 79.9. The van der Waals surface area contributed by atoms with E-state index in [2.05, 4.69) is 31.9 Å². The minimum absolute atomic E-state index is 0.00449. The second-order valence-electron chi connectivity index (χ2n) is 8.94. The predicted molar refractivity (Wildman–Crippen MR) is 148 cm³/mol. The first kappa shape index (κ1) is 27.2. The van der Waals surface area contributed by atoms with Gasteiger partial charge in [0.15, 0.2) is 5.60 Å². The molecule has 0 atom stereocenters. The Morgan fingerprint density at radius 1 is 0.838 bits per heavy atom. The van der Waals surface area contributed by atoms with E-state index in [9.17, 15) is 24.9 Å². The second-order valence-corrected chi connectivity index (χ2v) is 10.6. The fraction of sp³-hybridized carbons (Fsp3) is 0.310. The number of esters is 1. The lowest BCUT2D eigenvalue weighted by atomic mass is 9.73. The molecule has 3 N–H and O–H groups in total. The van der Waals surface area contributed by atoms with Gasteiger partial charge in [0.1, 0.15) is 11.5 Å². The molecule has 3 aromatic rings. The molecule has 0 saturated heterocycles. The van der Waals surface area contributed by atoms with E-state index < -0.39 is 17.5 Å². The van der Waals surface area contributed by atoms with Crippen molar-refractivity contribution in [3.8, 4) is 11.5 Å². The van der Waals surface area contributed by atoms with Crippen molar-refractivity contribution in [2.75, 3.05) is 0 Å². The fourth-order valence-corrected chi connectivity index (χ4v) is 7.24. The van der Waals surface area contributed by atoms with Gasteiger partial charge in [-0.25, -0.2) is 9.59 Å². The highest BCUT2D eigenvalue weighted by Gasteiger charge is 2.54. The number of phenolic OH excluding ortho intramolecular Hbond substituents is 2. The summed E-state index contributed by atoms with van der Waals surface area (Å²) in [6.07, 6.45) is 2.13. The SMILES string of the molecule is CCc1c(O)cc(Br)c(C2(c3c(Br)cc(O)c(CC)c3CC)OC(=O)c3c(C(=O)O)cccc32)c1CC. The topological polar surface area (TPSA) is 104 Å². The third kappa shape index (κ3) is 3.96. The van der Waals surface area contributed by atoms with Crippen LogP contribution in [0, 0.1) is 0 Å². The lowest BCUT2D eigenvalue weighted by Gasteiger charge is -2.37. The fourth-order valence-electron chi connectivity index (χ4n) is 5.77. The number of aromatic carboxylic acids is 1. The number of phenols is 2. The quantitative estimate of drug-likeness (QED) is 0.242. The standard InChI is InChI=1S/C29H28Br2O6/c1-5-14-16(7-3)25(20(30)12-22(14)32)29(26-17(8-4)15(6-2)23(33)13-21(26)31)19-11-9-10-18(27(34)35)24(19)28(36)37-29/h9-13,32-33H,5-8H2,1-4H3,(H,34,35). The minimum atomic E-state index is -1.54. The maximum Gasteiger partial charge on any atom is 0.341 e. The third-order valence-electron chi connectivity index (χ3n) is 7.20. The van der Waals surface area contributed by atoms with Crippen LogP contribution in [0.4, 0.5) is 0 Å². The molecule has 8 heteroatoms. The molecule has 37 heavy (non-hydrogen) atoms. The molecule has 0 radical (unpaired) electrons. The smallest absolute Gasteiger partial charge is 0.341 e. The van der Waals surface area contributed by atoms with Gasteiger partial charge < -0.3 is 20.1 Å². The van der Waals surface area contributed by atoms with Crippen LogP contribution < -0.4 is 0 Å². The summed E-state index contributed by atoms with van der Waals surface area (Å²) in [4.78, 5) is 25.8. The van der Waals surface area contributed by atoms with Gasteiger partial charge in [-0.05, 0) is 66.1 Å². The van der Waals surface area contributed by atoms with Gasteiger partial charge in [-0.1, -0.05) is 71.7 Å². The molecular formula is C29H28Br2O6. The Labute approximate surface area is 232 Å². The lowest BCUT2D eigenvalue weighted by molar-refractivity contribution is 0.0240. The highest BCUT2D eigenvalue weighted by Crippen LogP contribution is 2.56. The largest absolute Gasteiger partial charge is 0.508 e. The summed E-state index contributed by atoms with van der Waals surface area (Å²) in [5, 5.41) is 31.5. The Morgan fingerprint density at radius 2 is 1.30 bits per heavy atom. The van der Waals surface area contributed by atoms with Crippen molar-refractivity contribution in [1.29, 1.82) is 0 Å². The molecule has 0 bridgehead atoms. The summed E-state index contributed by atoms with van der Waals surface area (Å²) in [5.41, 5.74) is 3.03. The Morgan fingerprint density at radius 3 is 1.70 bits per heavy atom. The van der Waals surface area contributed by atoms with Gasteiger partial charge in [-0.2, -0.15) is 0 Å². The minimum Gasteiger partial charge on any atom is -0.508 e. The van der Waals surface area contributed by atoms with Crippen LogP contribution in [-0.4, -0.2) is 27.3 Å². The number of hydrogen-bond donors (Lipinski definition) is 3. The maximum atomic E-state index is 13.6. The van der Waals surface area contributed by atoms with Crippen LogP contribution in [0.15, 0.2) is 39.3 Å². The van der Waals surface area contributed by atoms with E-state index in [-0.39, 0.29) is 22.6 Å². The zero-order valence-corrected chi connectivity index (χ0v) is 24.2. The second kappa shape index (κ2) is 10.1. The van der Waals surface area contributed by atoms with Crippen LogP contribution in [-0.2, 0) is 36.0 Å². The molecule has 0 fully saturated rings. The lowest BCUT2D eigenvalue weighted by Crippen LogP contribution is -2.34. The van der Waals surface area contributed by atoms with Crippen LogP contribution in [0.5, 0.6) is 11.5 Å². The number of carbonyl (C=O) groups excluding carboxylic acids is 1. The Hall–Kier alpha value is -2.84. The average molecular weight is 632 g/mol. The molecule has 1 aliphatic heterocycles. The van der Waals surface area contributed by atoms with Gasteiger partial charge >= 0.3 is 11.9 Å². The monoisotopic (exact) mass is 630 g/mol. The number of rotatable bonds is 7. The van der Waals surface area contributed by atoms with Crippen molar-refractivity contribution in [2.45, 2.75) is 59.0 Å². The number of carbonyl (C=O) groups is 2. The summed E-state index contributed by atoms with van der Waals surface area (Å²) in [6.45, 7) is 7.82. The Kier molecular flexibility index (Phi) is 7.45. The molecule has 1 aliphatic rings. The van der Waals surface area contributed by atoms with Crippen molar-refractivity contribution in [3.63, 3.8) is 0 Å². The Bertz CT molecular complexity index is 1380. The first-order valence-electron chi connectivity index (χ1n) is 12.3. The van der Waals surface area contributed by atoms with E-state index in [0.29, 0.717) is 51.3 Å². The number of ether oxygens (including phenoxy) is 1. The molecule has 0 spiro atoms. The van der Waals surface area contributed by atoms with Crippen molar-refractivity contribution < 1.29 is 29.6 Å². The van der Waals surface area contributed by atoms with Crippen LogP contribution in [0.1, 0.15) is 87.4 Å². The molecule has 6 nitrogen and oxygen atoms in total. The number of cyclic esters (lactones) is 1. The molecule has 0 unspecified atom stereocenters. The number of carboxylic acids is 1. The first-order chi connectivity index (χ1) is 17.6. The van der Waals surface area contributed by atoms with Crippen molar-refractivity contribution >= 4 is 43.8 Å². The van der Waals surface area contributed by atoms with Gasteiger partial charge in [0, 0.05) is 25.6 Å². The number of fused-ring (bicyclic) bond motifs is 1. The third-order valence-corrected chi connectivity index (χ3v) is 8.45. The normalized spacial score (nSPS) is 13.9. The van der Waals surface area contributed by atoms with Gasteiger partial charge in [-0.15, -0.1) is 0 Å². The molecule has 0 aromatic heterocycles. The van der Waals surface area contributed by atoms with Crippen molar-refractivity contribution in [1.82, 2.24) is 0 Å². The number of carboxylic acid groups (broad SMARTS) is 1. The van der Waals surface area contributed by atoms with Crippen LogP contribution in [0.25, 0.3) is 0 Å². The van der Waals surface area contributed by atoms with Crippen LogP contribution >= 0.6 is 31.9 Å². The highest BCUT2D eigenvalue weighted by molar-refractivity contribution is 9.10. The van der Waals surface area contributed by atoms with Gasteiger partial charge in [0.2, 0.25) is 0 Å². The molecule has 0 amide bonds. The molecule has 4 rings (SSSR count). The number of hydrogen-bond acceptors (Lipinski definition) is 5. The first-order valence-corrected chi connectivity index (χ1v) is 13.8. The van der Waals surface area contributed by atoms with E-state index in [1.54, 1.807) is 24.3 Å². The summed E-state index contributed by atoms with van der Waals surface area (Å²) in [5.74, 6) is -1.71. The summed E-state index contributed by atoms with van der Waals surface area (Å²) in [6, 6.07) is 7.93. The number of halogens is 2. The van der Waals surface area contributed by atoms with Crippen molar-refractivity contribution in [3.05, 3.63) is 89.3 Å². The molecular weight excluding hydrogens is 604 g/mol. The number of aromatic hydroxyl groups is 2. The summed E-state index contributed by atoms with van der Waals surface area (Å²) >= 11 is 7.31. The zero-order valence-electron chi connectivity index (χ0n) is 21.0. The zero-order chi connectivity index (χ0) is 27.2. The van der Waals surface area contributed by atoms with E-state index in [1.165, 1.54) is 6.07 Å². The predicted octanol–water partition coefficient (Wildman–Crippen LogP) is 7.03. The van der Waals surface area contributed by atoms with Crippen molar-refractivity contribution in [2.24, 2.45) is 0 Å². The van der Waals surface area contributed by atoms with Crippen LogP contribution in [0.3, 0.4) is 0 Å². The molecule has 194 valence electrons. The van der Waals surface area contributed by atoms with Crippen LogP contribution in [0.2, 0.25) is 0 Å². The van der Waals surface area contributed by atoms with E-state index in [0.717, 1.165) is 22.3 Å². The van der Waals surface area contributed by atoms with E-state index in [4.69, 9.17) is 4.74 Å². The van der Waals surface area contributed by atoms with Gasteiger partial charge in [0.05, 0.1) is 11.1 Å². The summed E-state index contributed by atoms with van der Waals surface area (Å²) in [7, 11) is 0. The molecule has 1 heterocycles. The van der Waals surface area contributed by atoms with E-state index >= 15 is 0 Å². The van der Waals surface area contributed by atoms with Gasteiger partial charge in [-0.3, -0.25) is 0 Å². The van der Waals surface area contributed by atoms with E-state index in [1.807, 2.05) is 27.7 Å².